The third kappa shape index (κ3) is 9.17. The Hall–Kier alpha value is -1.70. The number of rotatable bonds is 5. The summed E-state index contributed by atoms with van der Waals surface area (Å²) in [5.74, 6) is -1.41. The molecule has 0 aliphatic rings. The van der Waals surface area contributed by atoms with Gasteiger partial charge in [0.25, 0.3) is 0 Å². The molecule has 27 heavy (non-hydrogen) atoms. The van der Waals surface area contributed by atoms with Crippen molar-refractivity contribution in [3.05, 3.63) is 23.1 Å². The van der Waals surface area contributed by atoms with Crippen molar-refractivity contribution in [1.29, 1.82) is 0 Å². The monoisotopic (exact) mass is 400 g/mol. The van der Waals surface area contributed by atoms with Crippen LogP contribution in [0.4, 0.5) is 0 Å². The van der Waals surface area contributed by atoms with Crippen LogP contribution in [0, 0.1) is 12.8 Å². The van der Waals surface area contributed by atoms with E-state index in [2.05, 4.69) is 15.3 Å². The minimum absolute atomic E-state index is 0.0118. The third-order valence-electron chi connectivity index (χ3n) is 3.48. The van der Waals surface area contributed by atoms with E-state index in [1.165, 1.54) is 13.8 Å². The fourth-order valence-corrected chi connectivity index (χ4v) is 2.59. The molecule has 2 heterocycles. The number of imidazole rings is 1. The summed E-state index contributed by atoms with van der Waals surface area (Å²) >= 11 is 6.16. The van der Waals surface area contributed by atoms with Gasteiger partial charge in [-0.05, 0) is 39.7 Å². The van der Waals surface area contributed by atoms with Gasteiger partial charge in [-0.25, -0.2) is 9.97 Å². The molecule has 0 aliphatic heterocycles. The van der Waals surface area contributed by atoms with Crippen molar-refractivity contribution in [3.63, 3.8) is 0 Å². The van der Waals surface area contributed by atoms with Gasteiger partial charge in [0.15, 0.2) is 11.4 Å². The van der Waals surface area contributed by atoms with Crippen molar-refractivity contribution >= 4 is 28.7 Å². The van der Waals surface area contributed by atoms with Gasteiger partial charge < -0.3 is 20.1 Å². The highest BCUT2D eigenvalue weighted by molar-refractivity contribution is 6.34. The molecule has 0 spiro atoms. The van der Waals surface area contributed by atoms with E-state index >= 15 is 0 Å². The number of halogens is 1. The summed E-state index contributed by atoms with van der Waals surface area (Å²) in [5.41, 5.74) is 2.36. The number of aromatic nitrogens is 3. The number of nitrogens with zero attached hydrogens (tertiary/aromatic N) is 3. The molecule has 0 bridgehead atoms. The van der Waals surface area contributed by atoms with Crippen molar-refractivity contribution in [2.24, 2.45) is 5.92 Å². The van der Waals surface area contributed by atoms with Crippen LogP contribution in [-0.2, 0) is 11.3 Å². The largest absolute Gasteiger partial charge is 0.366 e. The SMILES string of the molecule is CC.CC(C)(O)O.CCC(CCn1cnc2c(Cl)cc(C)nc21)C(=O)NC. The average molecular weight is 401 g/mol. The van der Waals surface area contributed by atoms with Gasteiger partial charge in [0.2, 0.25) is 5.91 Å². The fraction of sp³-hybridized carbons (Fsp3) is 0.632. The molecule has 0 aromatic carbocycles. The van der Waals surface area contributed by atoms with Crippen LogP contribution < -0.4 is 5.32 Å². The summed E-state index contributed by atoms with van der Waals surface area (Å²) in [6.07, 6.45) is 3.31. The van der Waals surface area contributed by atoms with E-state index in [0.717, 1.165) is 24.2 Å². The van der Waals surface area contributed by atoms with Crippen molar-refractivity contribution in [3.8, 4) is 0 Å². The molecule has 154 valence electrons. The number of fused-ring (bicyclic) bond motifs is 1. The lowest BCUT2D eigenvalue weighted by atomic mass is 10.0. The molecule has 2 aromatic rings. The van der Waals surface area contributed by atoms with Gasteiger partial charge in [0, 0.05) is 25.2 Å². The molecule has 0 saturated heterocycles. The smallest absolute Gasteiger partial charge is 0.222 e. The quantitative estimate of drug-likeness (QED) is 0.668. The number of pyridine rings is 1. The maximum atomic E-state index is 11.7. The number of carbonyl (C=O) groups is 1. The highest BCUT2D eigenvalue weighted by Crippen LogP contribution is 2.22. The van der Waals surface area contributed by atoms with Gasteiger partial charge in [0.1, 0.15) is 5.52 Å². The lowest BCUT2D eigenvalue weighted by Gasteiger charge is -2.13. The van der Waals surface area contributed by atoms with Crippen molar-refractivity contribution in [2.75, 3.05) is 7.05 Å². The zero-order valence-electron chi connectivity index (χ0n) is 17.4. The van der Waals surface area contributed by atoms with Crippen molar-refractivity contribution in [2.45, 2.75) is 66.7 Å². The fourth-order valence-electron chi connectivity index (χ4n) is 2.30. The van der Waals surface area contributed by atoms with Gasteiger partial charge in [-0.2, -0.15) is 0 Å². The van der Waals surface area contributed by atoms with Crippen LogP contribution in [-0.4, -0.2) is 43.5 Å². The molecule has 0 aliphatic carbocycles. The van der Waals surface area contributed by atoms with E-state index in [9.17, 15) is 4.79 Å². The summed E-state index contributed by atoms with van der Waals surface area (Å²) in [5, 5.41) is 19.5. The Morgan fingerprint density at radius 1 is 1.37 bits per heavy atom. The third-order valence-corrected chi connectivity index (χ3v) is 3.77. The van der Waals surface area contributed by atoms with Crippen LogP contribution in [0.1, 0.15) is 53.2 Å². The second-order valence-electron chi connectivity index (χ2n) is 6.36. The minimum atomic E-state index is -1.50. The van der Waals surface area contributed by atoms with Crippen molar-refractivity contribution in [1.82, 2.24) is 19.9 Å². The highest BCUT2D eigenvalue weighted by atomic mass is 35.5. The van der Waals surface area contributed by atoms with E-state index in [-0.39, 0.29) is 11.8 Å². The van der Waals surface area contributed by atoms with Crippen molar-refractivity contribution < 1.29 is 15.0 Å². The standard InChI is InChI=1S/C14H19ClN4O.C3H8O2.C2H6/c1-4-10(14(20)16-3)5-6-19-8-17-12-11(15)7-9(2)18-13(12)19;1-3(2,4)5;1-2/h7-8,10H,4-6H2,1-3H3,(H,16,20);4-5H,1-2H3;1-2H3. The molecular formula is C19H33ClN4O3. The molecular weight excluding hydrogens is 368 g/mol. The summed E-state index contributed by atoms with van der Waals surface area (Å²) in [7, 11) is 1.67. The van der Waals surface area contributed by atoms with Crippen LogP contribution in [0.2, 0.25) is 5.02 Å². The number of carbonyl (C=O) groups excluding carboxylic acids is 1. The van der Waals surface area contributed by atoms with Gasteiger partial charge >= 0.3 is 0 Å². The first-order chi connectivity index (χ1) is 12.6. The van der Waals surface area contributed by atoms with E-state index < -0.39 is 5.79 Å². The Kier molecular flexibility index (Phi) is 11.1. The first-order valence-corrected chi connectivity index (χ1v) is 9.58. The first kappa shape index (κ1) is 25.3. The molecule has 3 N–H and O–H groups in total. The topological polar surface area (TPSA) is 100 Å². The molecule has 1 unspecified atom stereocenters. The molecule has 0 radical (unpaired) electrons. The average Bonchev–Trinajstić information content (AvgIpc) is 2.98. The number of aryl methyl sites for hydroxylation is 2. The second kappa shape index (κ2) is 11.9. The molecule has 2 rings (SSSR count). The van der Waals surface area contributed by atoms with Gasteiger partial charge in [-0.15, -0.1) is 0 Å². The van der Waals surface area contributed by atoms with Crippen LogP contribution >= 0.6 is 11.6 Å². The Labute approximate surface area is 166 Å². The van der Waals surface area contributed by atoms with Crippen LogP contribution in [0.25, 0.3) is 11.2 Å². The van der Waals surface area contributed by atoms with Crippen LogP contribution in [0.5, 0.6) is 0 Å². The number of aliphatic hydroxyl groups is 2. The molecule has 2 aromatic heterocycles. The maximum absolute atomic E-state index is 11.7. The predicted molar refractivity (Wildman–Crippen MR) is 110 cm³/mol. The zero-order chi connectivity index (χ0) is 21.2. The Bertz CT molecular complexity index is 705. The Balaban J connectivity index is 0.000000838. The molecule has 7 nitrogen and oxygen atoms in total. The predicted octanol–water partition coefficient (Wildman–Crippen LogP) is 3.29. The first-order valence-electron chi connectivity index (χ1n) is 9.21. The molecule has 0 saturated carbocycles. The summed E-state index contributed by atoms with van der Waals surface area (Å²) in [4.78, 5) is 20.5. The molecule has 8 heteroatoms. The van der Waals surface area contributed by atoms with E-state index in [1.807, 2.05) is 32.3 Å². The number of hydrogen-bond acceptors (Lipinski definition) is 5. The summed E-state index contributed by atoms with van der Waals surface area (Å²) in [6.45, 7) is 11.2. The Morgan fingerprint density at radius 2 is 1.93 bits per heavy atom. The Morgan fingerprint density at radius 3 is 2.41 bits per heavy atom. The minimum Gasteiger partial charge on any atom is -0.366 e. The molecule has 1 amide bonds. The van der Waals surface area contributed by atoms with Gasteiger partial charge in [0.05, 0.1) is 11.3 Å². The second-order valence-corrected chi connectivity index (χ2v) is 6.77. The number of hydrogen-bond donors (Lipinski definition) is 3. The van der Waals surface area contributed by atoms with Gasteiger partial charge in [-0.3, -0.25) is 4.79 Å². The molecule has 0 fully saturated rings. The van der Waals surface area contributed by atoms with E-state index in [1.54, 1.807) is 19.4 Å². The maximum Gasteiger partial charge on any atom is 0.222 e. The summed E-state index contributed by atoms with van der Waals surface area (Å²) in [6, 6.07) is 1.81. The highest BCUT2D eigenvalue weighted by Gasteiger charge is 2.16. The number of nitrogens with one attached hydrogen (secondary N) is 1. The molecule has 1 atom stereocenters. The number of amides is 1. The van der Waals surface area contributed by atoms with E-state index in [0.29, 0.717) is 17.1 Å². The van der Waals surface area contributed by atoms with Gasteiger partial charge in [-0.1, -0.05) is 32.4 Å². The summed E-state index contributed by atoms with van der Waals surface area (Å²) < 4.78 is 1.96. The van der Waals surface area contributed by atoms with Crippen LogP contribution in [0.3, 0.4) is 0 Å². The normalized spacial score (nSPS) is 11.8. The van der Waals surface area contributed by atoms with Crippen LogP contribution in [0.15, 0.2) is 12.4 Å². The van der Waals surface area contributed by atoms with E-state index in [4.69, 9.17) is 21.8 Å². The zero-order valence-corrected chi connectivity index (χ0v) is 18.1. The lowest BCUT2D eigenvalue weighted by molar-refractivity contribution is -0.127. The lowest BCUT2D eigenvalue weighted by Crippen LogP contribution is -2.27.